The van der Waals surface area contributed by atoms with Crippen molar-refractivity contribution in [1.82, 2.24) is 30.4 Å². The molecule has 0 atom stereocenters. The van der Waals surface area contributed by atoms with Gasteiger partial charge in [0.25, 0.3) is 0 Å². The number of halogens is 1. The van der Waals surface area contributed by atoms with Crippen molar-refractivity contribution in [2.75, 3.05) is 46.2 Å². The smallest absolute Gasteiger partial charge is 0.225 e. The number of benzene rings is 1. The average Bonchev–Trinajstić information content (AvgIpc) is 3.24. The minimum Gasteiger partial charge on any atom is -0.496 e. The van der Waals surface area contributed by atoms with Crippen LogP contribution in [0.25, 0.3) is 11.0 Å². The number of aromatic nitrogens is 4. The standard InChI is InChI=1S/C24H36ClN7O2/c1-5-6-11-28-23-22-19(29-24(25)30-23)16-32(31-22)15-18-20(33-3)12-17(13-21(18)34-4)14-27-10-8-7-9-26-2/h12-13,16,26-27H,5-11,14-15H2,1-4H3,(H,28,29,30). The molecule has 0 unspecified atom stereocenters. The molecule has 0 amide bonds. The Labute approximate surface area is 206 Å². The van der Waals surface area contributed by atoms with E-state index in [9.17, 15) is 0 Å². The highest BCUT2D eigenvalue weighted by Crippen LogP contribution is 2.32. The number of ether oxygens (including phenoxy) is 2. The molecule has 1 aromatic carbocycles. The van der Waals surface area contributed by atoms with E-state index in [2.05, 4.69) is 45.0 Å². The topological polar surface area (TPSA) is 98.2 Å². The van der Waals surface area contributed by atoms with Crippen LogP contribution in [0.2, 0.25) is 5.28 Å². The summed E-state index contributed by atoms with van der Waals surface area (Å²) in [4.78, 5) is 8.67. The van der Waals surface area contributed by atoms with E-state index in [0.29, 0.717) is 23.4 Å². The van der Waals surface area contributed by atoms with E-state index in [4.69, 9.17) is 26.2 Å². The summed E-state index contributed by atoms with van der Waals surface area (Å²) in [6, 6.07) is 4.10. The number of methoxy groups -OCH3 is 2. The number of nitrogens with one attached hydrogen (secondary N) is 3. The number of hydrogen-bond donors (Lipinski definition) is 3. The van der Waals surface area contributed by atoms with Gasteiger partial charge in [0.1, 0.15) is 17.0 Å². The van der Waals surface area contributed by atoms with Crippen LogP contribution in [0.3, 0.4) is 0 Å². The van der Waals surface area contributed by atoms with Gasteiger partial charge in [0, 0.05) is 13.1 Å². The number of rotatable bonds is 15. The maximum Gasteiger partial charge on any atom is 0.225 e. The van der Waals surface area contributed by atoms with Crippen LogP contribution >= 0.6 is 11.6 Å². The fourth-order valence-electron chi connectivity index (χ4n) is 3.76. The Morgan fingerprint density at radius 1 is 1.00 bits per heavy atom. The Balaban J connectivity index is 1.79. The summed E-state index contributed by atoms with van der Waals surface area (Å²) in [6.45, 7) is 6.16. The normalized spacial score (nSPS) is 11.2. The van der Waals surface area contributed by atoms with Gasteiger partial charge in [-0.15, -0.1) is 0 Å². The monoisotopic (exact) mass is 489 g/mol. The lowest BCUT2D eigenvalue weighted by Crippen LogP contribution is -2.17. The molecule has 34 heavy (non-hydrogen) atoms. The van der Waals surface area contributed by atoms with Crippen molar-refractivity contribution in [3.05, 3.63) is 34.7 Å². The Bertz CT molecular complexity index is 1030. The first-order valence-corrected chi connectivity index (χ1v) is 12.2. The van der Waals surface area contributed by atoms with Crippen LogP contribution in [0.5, 0.6) is 11.5 Å². The third-order valence-corrected chi connectivity index (χ3v) is 5.72. The summed E-state index contributed by atoms with van der Waals surface area (Å²) in [6.07, 6.45) is 6.27. The van der Waals surface area contributed by atoms with Gasteiger partial charge in [0.05, 0.1) is 32.5 Å². The number of hydrogen-bond acceptors (Lipinski definition) is 8. The van der Waals surface area contributed by atoms with Gasteiger partial charge in [-0.05, 0) is 68.7 Å². The molecular weight excluding hydrogens is 454 g/mol. The van der Waals surface area contributed by atoms with Gasteiger partial charge in [0.2, 0.25) is 5.28 Å². The molecule has 9 nitrogen and oxygen atoms in total. The summed E-state index contributed by atoms with van der Waals surface area (Å²) >= 11 is 6.15. The van der Waals surface area contributed by atoms with Crippen molar-refractivity contribution in [3.63, 3.8) is 0 Å². The first-order valence-electron chi connectivity index (χ1n) is 11.8. The molecule has 0 spiro atoms. The molecule has 0 aliphatic carbocycles. The van der Waals surface area contributed by atoms with Crippen LogP contribution < -0.4 is 25.4 Å². The minimum atomic E-state index is 0.198. The van der Waals surface area contributed by atoms with E-state index in [0.717, 1.165) is 74.5 Å². The van der Waals surface area contributed by atoms with Gasteiger partial charge < -0.3 is 25.4 Å². The van der Waals surface area contributed by atoms with Crippen LogP contribution in [-0.2, 0) is 13.1 Å². The van der Waals surface area contributed by atoms with Crippen LogP contribution in [0.1, 0.15) is 43.7 Å². The first kappa shape index (κ1) is 26.0. The molecule has 0 radical (unpaired) electrons. The molecule has 0 aliphatic heterocycles. The molecule has 0 bridgehead atoms. The van der Waals surface area contributed by atoms with Gasteiger partial charge in [-0.25, -0.2) is 4.98 Å². The fraction of sp³-hybridized carbons (Fsp3) is 0.542. The van der Waals surface area contributed by atoms with Crippen molar-refractivity contribution in [2.24, 2.45) is 0 Å². The summed E-state index contributed by atoms with van der Waals surface area (Å²) in [5, 5.41) is 14.9. The summed E-state index contributed by atoms with van der Waals surface area (Å²) < 4.78 is 13.3. The lowest BCUT2D eigenvalue weighted by atomic mass is 10.1. The van der Waals surface area contributed by atoms with Crippen LogP contribution in [0.4, 0.5) is 5.82 Å². The van der Waals surface area contributed by atoms with Crippen LogP contribution in [-0.4, -0.2) is 60.6 Å². The molecular formula is C24H36ClN7O2. The highest BCUT2D eigenvalue weighted by Gasteiger charge is 2.16. The van der Waals surface area contributed by atoms with Crippen molar-refractivity contribution in [2.45, 2.75) is 45.7 Å². The zero-order valence-corrected chi connectivity index (χ0v) is 21.3. The SMILES string of the molecule is CCCCNc1nc(Cl)nc2cn(Cc3c(OC)cc(CNCCCCNC)cc3OC)nc12. The predicted octanol–water partition coefficient (Wildman–Crippen LogP) is 3.85. The zero-order valence-electron chi connectivity index (χ0n) is 20.6. The Kier molecular flexibility index (Phi) is 10.2. The molecule has 3 N–H and O–H groups in total. The number of fused-ring (bicyclic) bond motifs is 1. The van der Waals surface area contributed by atoms with Crippen molar-refractivity contribution in [1.29, 1.82) is 0 Å². The quantitative estimate of drug-likeness (QED) is 0.219. The Morgan fingerprint density at radius 2 is 1.74 bits per heavy atom. The third-order valence-electron chi connectivity index (χ3n) is 5.55. The predicted molar refractivity (Wildman–Crippen MR) is 137 cm³/mol. The van der Waals surface area contributed by atoms with Crippen molar-refractivity contribution >= 4 is 28.5 Å². The molecule has 0 fully saturated rings. The Morgan fingerprint density at radius 3 is 2.41 bits per heavy atom. The molecule has 0 saturated heterocycles. The molecule has 2 heterocycles. The van der Waals surface area contributed by atoms with E-state index >= 15 is 0 Å². The molecule has 3 rings (SSSR count). The van der Waals surface area contributed by atoms with Gasteiger partial charge in [-0.3, -0.25) is 4.68 Å². The van der Waals surface area contributed by atoms with Gasteiger partial charge >= 0.3 is 0 Å². The maximum atomic E-state index is 6.15. The second-order valence-corrected chi connectivity index (χ2v) is 8.49. The molecule has 2 aromatic heterocycles. The number of anilines is 1. The molecule has 3 aromatic rings. The van der Waals surface area contributed by atoms with E-state index < -0.39 is 0 Å². The third kappa shape index (κ3) is 6.94. The first-order chi connectivity index (χ1) is 16.6. The largest absolute Gasteiger partial charge is 0.496 e. The second-order valence-electron chi connectivity index (χ2n) is 8.15. The number of unbranched alkanes of at least 4 members (excludes halogenated alkanes) is 2. The van der Waals surface area contributed by atoms with Gasteiger partial charge in [-0.1, -0.05) is 13.3 Å². The van der Waals surface area contributed by atoms with E-state index in [1.807, 2.05) is 17.9 Å². The molecule has 0 saturated carbocycles. The van der Waals surface area contributed by atoms with E-state index in [1.165, 1.54) is 0 Å². The lowest BCUT2D eigenvalue weighted by molar-refractivity contribution is 0.380. The second kappa shape index (κ2) is 13.3. The van der Waals surface area contributed by atoms with Gasteiger partial charge in [0.15, 0.2) is 11.3 Å². The van der Waals surface area contributed by atoms with Crippen LogP contribution in [0.15, 0.2) is 18.3 Å². The molecule has 0 aliphatic rings. The highest BCUT2D eigenvalue weighted by molar-refractivity contribution is 6.28. The minimum absolute atomic E-state index is 0.198. The average molecular weight is 490 g/mol. The number of nitrogens with zero attached hydrogens (tertiary/aromatic N) is 4. The maximum absolute atomic E-state index is 6.15. The molecule has 186 valence electrons. The highest BCUT2D eigenvalue weighted by atomic mass is 35.5. The van der Waals surface area contributed by atoms with Crippen LogP contribution in [0, 0.1) is 0 Å². The van der Waals surface area contributed by atoms with Gasteiger partial charge in [-0.2, -0.15) is 10.1 Å². The van der Waals surface area contributed by atoms with Crippen molar-refractivity contribution < 1.29 is 9.47 Å². The Hall–Kier alpha value is -2.62. The summed E-state index contributed by atoms with van der Waals surface area (Å²) in [5.41, 5.74) is 3.40. The van der Waals surface area contributed by atoms with E-state index in [1.54, 1.807) is 14.2 Å². The molecule has 10 heteroatoms. The summed E-state index contributed by atoms with van der Waals surface area (Å²) in [7, 11) is 5.33. The van der Waals surface area contributed by atoms with E-state index in [-0.39, 0.29) is 5.28 Å². The zero-order chi connectivity index (χ0) is 24.3. The van der Waals surface area contributed by atoms with Crippen molar-refractivity contribution in [3.8, 4) is 11.5 Å². The summed E-state index contributed by atoms with van der Waals surface area (Å²) in [5.74, 6) is 2.17. The lowest BCUT2D eigenvalue weighted by Gasteiger charge is -2.16. The fourth-order valence-corrected chi connectivity index (χ4v) is 3.94.